The number of aryl methyl sites for hydroxylation is 4. The molecule has 4 heteroatoms. The van der Waals surface area contributed by atoms with Gasteiger partial charge in [-0.2, -0.15) is 0 Å². The molecule has 0 saturated heterocycles. The third-order valence-electron chi connectivity index (χ3n) is 9.44. The van der Waals surface area contributed by atoms with Crippen LogP contribution in [-0.2, 0) is 25.7 Å². The summed E-state index contributed by atoms with van der Waals surface area (Å²) in [4.78, 5) is 18.4. The summed E-state index contributed by atoms with van der Waals surface area (Å²) in [5.41, 5.74) is 17.9. The minimum Gasteiger partial charge on any atom is -0.355 e. The van der Waals surface area contributed by atoms with Crippen molar-refractivity contribution >= 4 is 33.2 Å². The Morgan fingerprint density at radius 1 is 0.475 bits per heavy atom. The van der Waals surface area contributed by atoms with E-state index >= 15 is 0 Å². The standard InChI is InChI=1S/C36H48N4/c1-9-21-22(10-2)30-18-32-25(13-5)26(14-6)34(39-32)20-36-28(16-8)27(15-7)35(40-36)19-33-24(12-4)23(11-3)31(38-33)17-29(21)37-30/h17-22,38-39H,9-16H2,1-8H3/t21-,22-/m0/s1. The van der Waals surface area contributed by atoms with E-state index in [9.17, 15) is 0 Å². The van der Waals surface area contributed by atoms with Crippen molar-refractivity contribution < 1.29 is 0 Å². The summed E-state index contributed by atoms with van der Waals surface area (Å²) in [6.45, 7) is 18.3. The van der Waals surface area contributed by atoms with E-state index in [1.807, 2.05) is 0 Å². The van der Waals surface area contributed by atoms with Gasteiger partial charge in [0.25, 0.3) is 0 Å². The molecule has 0 amide bonds. The molecule has 0 fully saturated rings. The number of nitrogens with one attached hydrogen (secondary N) is 2. The Labute approximate surface area is 240 Å². The van der Waals surface area contributed by atoms with Crippen molar-refractivity contribution in [1.29, 1.82) is 0 Å². The maximum absolute atomic E-state index is 5.37. The Kier molecular flexibility index (Phi) is 8.35. The summed E-state index contributed by atoms with van der Waals surface area (Å²) in [7, 11) is 0. The van der Waals surface area contributed by atoms with Gasteiger partial charge in [-0.1, -0.05) is 55.4 Å². The number of aromatic nitrogens is 4. The van der Waals surface area contributed by atoms with E-state index in [0.717, 1.165) is 62.8 Å². The third-order valence-corrected chi connectivity index (χ3v) is 9.44. The van der Waals surface area contributed by atoms with Crippen molar-refractivity contribution in [2.45, 2.75) is 119 Å². The lowest BCUT2D eigenvalue weighted by molar-refractivity contribution is 0.533. The first-order valence-corrected chi connectivity index (χ1v) is 16.0. The fourth-order valence-corrected chi connectivity index (χ4v) is 7.51. The van der Waals surface area contributed by atoms with Crippen LogP contribution in [-0.4, -0.2) is 19.9 Å². The molecule has 0 aromatic carbocycles. The van der Waals surface area contributed by atoms with Gasteiger partial charge in [0.15, 0.2) is 0 Å². The van der Waals surface area contributed by atoms with Gasteiger partial charge >= 0.3 is 0 Å². The van der Waals surface area contributed by atoms with Crippen molar-refractivity contribution in [1.82, 2.24) is 19.9 Å². The van der Waals surface area contributed by atoms with Crippen LogP contribution in [0.3, 0.4) is 0 Å². The van der Waals surface area contributed by atoms with Gasteiger partial charge in [-0.05, 0) is 109 Å². The zero-order chi connectivity index (χ0) is 28.6. The van der Waals surface area contributed by atoms with E-state index < -0.39 is 0 Å². The first kappa shape index (κ1) is 28.4. The average molecular weight is 537 g/mol. The molecule has 5 heterocycles. The number of hydrogen-bond donors (Lipinski definition) is 2. The molecule has 0 spiro atoms. The molecular formula is C36H48N4. The molecular weight excluding hydrogens is 488 g/mol. The minimum absolute atomic E-state index is 0.437. The smallest absolute Gasteiger partial charge is 0.0693 e. The van der Waals surface area contributed by atoms with Gasteiger partial charge in [-0.25, -0.2) is 4.98 Å². The molecule has 3 aromatic heterocycles. The molecule has 40 heavy (non-hydrogen) atoms. The molecule has 2 aliphatic rings. The number of fused-ring (bicyclic) bond motifs is 8. The molecule has 5 rings (SSSR count). The zero-order valence-corrected chi connectivity index (χ0v) is 26.0. The molecule has 2 aliphatic heterocycles. The molecule has 0 unspecified atom stereocenters. The lowest BCUT2D eigenvalue weighted by Gasteiger charge is -2.16. The summed E-state index contributed by atoms with van der Waals surface area (Å²) in [6, 6.07) is 9.38. The largest absolute Gasteiger partial charge is 0.355 e. The van der Waals surface area contributed by atoms with Gasteiger partial charge in [-0.15, -0.1) is 0 Å². The molecule has 0 aliphatic carbocycles. The van der Waals surface area contributed by atoms with Gasteiger partial charge in [0.05, 0.1) is 11.4 Å². The maximum Gasteiger partial charge on any atom is 0.0693 e. The minimum atomic E-state index is 0.437. The summed E-state index contributed by atoms with van der Waals surface area (Å²) >= 11 is 0. The van der Waals surface area contributed by atoms with Crippen molar-refractivity contribution in [2.24, 2.45) is 0 Å². The SMILES string of the molecule is CCC1=C(CC)c2cc3[nH]c(cc4nc(cc5[nH]c(cc1n2)c(CC)c5CC)[C@@H](CC)[C@@H]4CC)c(CC)c3CC. The summed E-state index contributed by atoms with van der Waals surface area (Å²) < 4.78 is 0. The van der Waals surface area contributed by atoms with E-state index in [0.29, 0.717) is 11.8 Å². The number of aromatic amines is 2. The summed E-state index contributed by atoms with van der Waals surface area (Å²) in [6.07, 6.45) is 8.15. The predicted molar refractivity (Wildman–Crippen MR) is 172 cm³/mol. The van der Waals surface area contributed by atoms with Crippen LogP contribution in [0.5, 0.6) is 0 Å². The second-order valence-corrected chi connectivity index (χ2v) is 11.3. The topological polar surface area (TPSA) is 57.4 Å². The molecule has 2 atom stereocenters. The summed E-state index contributed by atoms with van der Waals surface area (Å²) in [5, 5.41) is 0. The highest BCUT2D eigenvalue weighted by Crippen LogP contribution is 2.42. The van der Waals surface area contributed by atoms with Crippen LogP contribution in [0, 0.1) is 0 Å². The Bertz CT molecular complexity index is 1480. The number of H-pyrrole nitrogens is 2. The van der Waals surface area contributed by atoms with Gasteiger partial charge in [0.2, 0.25) is 0 Å². The van der Waals surface area contributed by atoms with Gasteiger partial charge < -0.3 is 9.97 Å². The van der Waals surface area contributed by atoms with Crippen LogP contribution in [0.2, 0.25) is 0 Å². The number of allylic oxidation sites excluding steroid dienone is 2. The van der Waals surface area contributed by atoms with E-state index in [2.05, 4.69) is 89.6 Å². The van der Waals surface area contributed by atoms with Gasteiger partial charge in [0.1, 0.15) is 0 Å². The predicted octanol–water partition coefficient (Wildman–Crippen LogP) is 9.98. The zero-order valence-electron chi connectivity index (χ0n) is 26.0. The number of nitrogens with zero attached hydrogens (tertiary/aromatic N) is 2. The lowest BCUT2D eigenvalue weighted by Crippen LogP contribution is -2.03. The van der Waals surface area contributed by atoms with Crippen LogP contribution >= 0.6 is 0 Å². The second kappa shape index (κ2) is 11.8. The monoisotopic (exact) mass is 536 g/mol. The first-order valence-electron chi connectivity index (χ1n) is 16.0. The van der Waals surface area contributed by atoms with E-state index in [4.69, 9.17) is 9.97 Å². The lowest BCUT2D eigenvalue weighted by atomic mass is 9.85. The molecule has 4 nitrogen and oxygen atoms in total. The molecule has 0 radical (unpaired) electrons. The highest BCUT2D eigenvalue weighted by Gasteiger charge is 2.30. The Hall–Kier alpha value is -3.14. The van der Waals surface area contributed by atoms with Crippen LogP contribution in [0.1, 0.15) is 138 Å². The Morgan fingerprint density at radius 3 is 1.12 bits per heavy atom. The van der Waals surface area contributed by atoms with Gasteiger partial charge in [-0.3, -0.25) is 4.98 Å². The van der Waals surface area contributed by atoms with Crippen LogP contribution in [0.25, 0.3) is 33.2 Å². The second-order valence-electron chi connectivity index (χ2n) is 11.3. The first-order chi connectivity index (χ1) is 19.5. The Balaban J connectivity index is 2.00. The van der Waals surface area contributed by atoms with Crippen molar-refractivity contribution in [3.8, 4) is 0 Å². The molecule has 2 N–H and O–H groups in total. The fourth-order valence-electron chi connectivity index (χ4n) is 7.51. The average Bonchev–Trinajstić information content (AvgIpc) is 3.67. The molecule has 212 valence electrons. The number of rotatable bonds is 8. The molecule has 0 saturated carbocycles. The normalized spacial score (nSPS) is 17.2. The highest BCUT2D eigenvalue weighted by atomic mass is 14.8. The summed E-state index contributed by atoms with van der Waals surface area (Å²) in [5.74, 6) is 0.874. The number of hydrogen-bond acceptors (Lipinski definition) is 2. The highest BCUT2D eigenvalue weighted by molar-refractivity contribution is 5.93. The van der Waals surface area contributed by atoms with Crippen LogP contribution in [0.4, 0.5) is 0 Å². The molecule has 8 bridgehead atoms. The van der Waals surface area contributed by atoms with E-state index in [-0.39, 0.29) is 0 Å². The van der Waals surface area contributed by atoms with Crippen molar-refractivity contribution in [2.75, 3.05) is 0 Å². The van der Waals surface area contributed by atoms with E-state index in [1.54, 1.807) is 0 Å². The Morgan fingerprint density at radius 2 is 0.825 bits per heavy atom. The van der Waals surface area contributed by atoms with Crippen molar-refractivity contribution in [3.63, 3.8) is 0 Å². The maximum atomic E-state index is 5.37. The van der Waals surface area contributed by atoms with Crippen molar-refractivity contribution in [3.05, 3.63) is 69.3 Å². The van der Waals surface area contributed by atoms with E-state index in [1.165, 1.54) is 66.9 Å². The quantitative estimate of drug-likeness (QED) is 0.301. The van der Waals surface area contributed by atoms with Crippen LogP contribution in [0.15, 0.2) is 24.3 Å². The molecule has 3 aromatic rings. The fraction of sp³-hybridized carbons (Fsp3) is 0.500. The third kappa shape index (κ3) is 4.63. The van der Waals surface area contributed by atoms with Crippen LogP contribution < -0.4 is 0 Å². The van der Waals surface area contributed by atoms with Gasteiger partial charge in [0, 0.05) is 45.3 Å².